The highest BCUT2D eigenvalue weighted by molar-refractivity contribution is 5.94. The summed E-state index contributed by atoms with van der Waals surface area (Å²) in [5.41, 5.74) is 0.614. The molecule has 0 spiro atoms. The van der Waals surface area contributed by atoms with Crippen molar-refractivity contribution in [2.75, 3.05) is 0 Å². The van der Waals surface area contributed by atoms with Crippen LogP contribution in [0.1, 0.15) is 28.9 Å². The molecular weight excluding hydrogens is 234 g/mol. The maximum Gasteiger partial charge on any atom is 0.310 e. The number of carboxylic acid groups (broad SMARTS) is 1. The maximum absolute atomic E-state index is 11.9. The minimum Gasteiger partial charge on any atom is -0.481 e. The van der Waals surface area contributed by atoms with E-state index in [9.17, 15) is 9.59 Å². The quantitative estimate of drug-likeness (QED) is 0.805. The number of rotatable bonds is 3. The highest BCUT2D eigenvalue weighted by Gasteiger charge is 2.72. The number of nitrogens with zero attached hydrogens (tertiary/aromatic N) is 2. The van der Waals surface area contributed by atoms with Crippen molar-refractivity contribution in [1.29, 1.82) is 0 Å². The Labute approximate surface area is 103 Å². The van der Waals surface area contributed by atoms with Gasteiger partial charge in [0.05, 0.1) is 22.9 Å². The molecule has 18 heavy (non-hydrogen) atoms. The molecular formula is C12H13N3O3. The van der Waals surface area contributed by atoms with Gasteiger partial charge in [0.15, 0.2) is 0 Å². The molecule has 0 aromatic carbocycles. The number of amides is 1. The third-order valence-electron chi connectivity index (χ3n) is 3.98. The van der Waals surface area contributed by atoms with Gasteiger partial charge >= 0.3 is 5.97 Å². The molecule has 3 rings (SSSR count). The van der Waals surface area contributed by atoms with E-state index >= 15 is 0 Å². The summed E-state index contributed by atoms with van der Waals surface area (Å²) in [5, 5.41) is 19.4. The monoisotopic (exact) mass is 247 g/mol. The van der Waals surface area contributed by atoms with Crippen LogP contribution in [0.15, 0.2) is 12.3 Å². The molecule has 6 heteroatoms. The van der Waals surface area contributed by atoms with Crippen LogP contribution in [-0.2, 0) is 4.79 Å². The summed E-state index contributed by atoms with van der Waals surface area (Å²) in [6.45, 7) is 1.77. The maximum atomic E-state index is 11.9. The first-order valence-electron chi connectivity index (χ1n) is 5.86. The van der Waals surface area contributed by atoms with E-state index in [0.29, 0.717) is 24.1 Å². The van der Waals surface area contributed by atoms with E-state index in [1.165, 1.54) is 6.20 Å². The number of aryl methyl sites for hydroxylation is 1. The van der Waals surface area contributed by atoms with Gasteiger partial charge in [-0.05, 0) is 31.7 Å². The predicted octanol–water partition coefficient (Wildman–Crippen LogP) is 0.378. The predicted molar refractivity (Wildman–Crippen MR) is 60.8 cm³/mol. The summed E-state index contributed by atoms with van der Waals surface area (Å²) >= 11 is 0. The number of hydrogen-bond acceptors (Lipinski definition) is 4. The van der Waals surface area contributed by atoms with Gasteiger partial charge in [-0.15, -0.1) is 0 Å². The van der Waals surface area contributed by atoms with E-state index in [2.05, 4.69) is 15.5 Å². The lowest BCUT2D eigenvalue weighted by molar-refractivity contribution is -0.147. The Morgan fingerprint density at radius 3 is 2.83 bits per heavy atom. The summed E-state index contributed by atoms with van der Waals surface area (Å²) in [6, 6.07) is 1.65. The van der Waals surface area contributed by atoms with Crippen molar-refractivity contribution < 1.29 is 14.7 Å². The van der Waals surface area contributed by atoms with Crippen molar-refractivity contribution >= 4 is 11.9 Å². The molecule has 2 fully saturated rings. The molecule has 2 aliphatic carbocycles. The summed E-state index contributed by atoms with van der Waals surface area (Å²) in [5.74, 6) is -0.835. The molecule has 1 amide bonds. The highest BCUT2D eigenvalue weighted by Crippen LogP contribution is 2.67. The minimum absolute atomic E-state index is 0.0120. The van der Waals surface area contributed by atoms with Gasteiger partial charge in [0.25, 0.3) is 5.91 Å². The summed E-state index contributed by atoms with van der Waals surface area (Å²) < 4.78 is 0. The summed E-state index contributed by atoms with van der Waals surface area (Å²) in [4.78, 5) is 22.9. The van der Waals surface area contributed by atoms with E-state index in [-0.39, 0.29) is 17.9 Å². The molecule has 6 nitrogen and oxygen atoms in total. The Balaban J connectivity index is 1.63. The van der Waals surface area contributed by atoms with Crippen molar-refractivity contribution in [2.45, 2.75) is 25.8 Å². The molecule has 2 N–H and O–H groups in total. The molecule has 1 aromatic heterocycles. The number of hydrogen-bond donors (Lipinski definition) is 2. The fraction of sp³-hybridized carbons (Fsp3) is 0.500. The molecule has 0 saturated heterocycles. The van der Waals surface area contributed by atoms with Crippen molar-refractivity contribution in [3.63, 3.8) is 0 Å². The van der Waals surface area contributed by atoms with Crippen LogP contribution in [0, 0.1) is 18.3 Å². The van der Waals surface area contributed by atoms with Crippen LogP contribution < -0.4 is 5.32 Å². The van der Waals surface area contributed by atoms with Gasteiger partial charge in [-0.1, -0.05) is 0 Å². The zero-order valence-corrected chi connectivity index (χ0v) is 9.88. The Morgan fingerprint density at radius 1 is 1.50 bits per heavy atom. The van der Waals surface area contributed by atoms with Crippen LogP contribution >= 0.6 is 0 Å². The van der Waals surface area contributed by atoms with Gasteiger partial charge in [0.2, 0.25) is 0 Å². The van der Waals surface area contributed by atoms with Crippen LogP contribution in [0.4, 0.5) is 0 Å². The standard InChI is InChI=1S/C12H13N3O3/c1-6-2-7(5-13-15-6)10(16)14-9-4-12(11(17)18)3-8(9)12/h2,5,8-9H,3-4H2,1H3,(H,14,16)(H,17,18)/t8-,9+,12-/m0/s1. The number of aromatic nitrogens is 2. The third-order valence-corrected chi connectivity index (χ3v) is 3.98. The summed E-state index contributed by atoms with van der Waals surface area (Å²) in [6.07, 6.45) is 2.63. The number of aliphatic carboxylic acids is 1. The summed E-state index contributed by atoms with van der Waals surface area (Å²) in [7, 11) is 0. The normalized spacial score (nSPS) is 32.1. The number of carbonyl (C=O) groups excluding carboxylic acids is 1. The van der Waals surface area contributed by atoms with E-state index in [1.807, 2.05) is 0 Å². The Morgan fingerprint density at radius 2 is 2.28 bits per heavy atom. The first-order valence-corrected chi connectivity index (χ1v) is 5.86. The molecule has 0 aliphatic heterocycles. The Bertz CT molecular complexity index is 545. The average Bonchev–Trinajstić information content (AvgIpc) is 2.93. The van der Waals surface area contributed by atoms with E-state index in [4.69, 9.17) is 5.11 Å². The first kappa shape index (κ1) is 11.1. The van der Waals surface area contributed by atoms with Crippen molar-refractivity contribution in [2.24, 2.45) is 11.3 Å². The van der Waals surface area contributed by atoms with Crippen LogP contribution in [-0.4, -0.2) is 33.2 Å². The second-order valence-corrected chi connectivity index (χ2v) is 5.14. The van der Waals surface area contributed by atoms with Gasteiger partial charge in [0, 0.05) is 6.04 Å². The lowest BCUT2D eigenvalue weighted by atomic mass is 9.80. The van der Waals surface area contributed by atoms with E-state index in [1.54, 1.807) is 13.0 Å². The third kappa shape index (κ3) is 1.48. The van der Waals surface area contributed by atoms with Crippen molar-refractivity contribution in [3.8, 4) is 0 Å². The fourth-order valence-corrected chi connectivity index (χ4v) is 2.80. The van der Waals surface area contributed by atoms with E-state index < -0.39 is 11.4 Å². The zero-order chi connectivity index (χ0) is 12.9. The highest BCUT2D eigenvalue weighted by atomic mass is 16.4. The molecule has 0 unspecified atom stereocenters. The molecule has 0 bridgehead atoms. The smallest absolute Gasteiger partial charge is 0.310 e. The molecule has 0 radical (unpaired) electrons. The molecule has 1 heterocycles. The molecule has 94 valence electrons. The molecule has 1 aromatic rings. The van der Waals surface area contributed by atoms with Crippen LogP contribution in [0.3, 0.4) is 0 Å². The van der Waals surface area contributed by atoms with Gasteiger partial charge in [-0.25, -0.2) is 0 Å². The van der Waals surface area contributed by atoms with Crippen molar-refractivity contribution in [3.05, 3.63) is 23.5 Å². The average molecular weight is 247 g/mol. The largest absolute Gasteiger partial charge is 0.481 e. The lowest BCUT2D eigenvalue weighted by Gasteiger charge is -2.32. The number of fused-ring (bicyclic) bond motifs is 1. The van der Waals surface area contributed by atoms with Gasteiger partial charge < -0.3 is 10.4 Å². The Kier molecular flexibility index (Phi) is 2.17. The van der Waals surface area contributed by atoms with Crippen LogP contribution in [0.25, 0.3) is 0 Å². The molecule has 2 saturated carbocycles. The first-order chi connectivity index (χ1) is 8.53. The van der Waals surface area contributed by atoms with Gasteiger partial charge in [-0.3, -0.25) is 9.59 Å². The fourth-order valence-electron chi connectivity index (χ4n) is 2.80. The minimum atomic E-state index is -0.737. The second kappa shape index (κ2) is 3.51. The topological polar surface area (TPSA) is 92.2 Å². The molecule has 3 atom stereocenters. The zero-order valence-electron chi connectivity index (χ0n) is 9.88. The lowest BCUT2D eigenvalue weighted by Crippen LogP contribution is -2.48. The van der Waals surface area contributed by atoms with Crippen molar-refractivity contribution in [1.82, 2.24) is 15.5 Å². The van der Waals surface area contributed by atoms with Crippen LogP contribution in [0.2, 0.25) is 0 Å². The SMILES string of the molecule is Cc1cc(C(=O)N[C@@H]2C[C@@]3(C(=O)O)C[C@@H]23)cnn1. The number of carbonyl (C=O) groups is 2. The Hall–Kier alpha value is -1.98. The van der Waals surface area contributed by atoms with Gasteiger partial charge in [0.1, 0.15) is 0 Å². The van der Waals surface area contributed by atoms with E-state index in [0.717, 1.165) is 0 Å². The number of carboxylic acids is 1. The number of nitrogens with one attached hydrogen (secondary N) is 1. The van der Waals surface area contributed by atoms with Crippen LogP contribution in [0.5, 0.6) is 0 Å². The van der Waals surface area contributed by atoms with Gasteiger partial charge in [-0.2, -0.15) is 10.2 Å². The molecule has 2 aliphatic rings. The second-order valence-electron chi connectivity index (χ2n) is 5.14.